The van der Waals surface area contributed by atoms with Crippen LogP contribution in [0.25, 0.3) is 0 Å². The first-order valence-corrected chi connectivity index (χ1v) is 9.71. The predicted molar refractivity (Wildman–Crippen MR) is 96.4 cm³/mol. The monoisotopic (exact) mass is 345 g/mol. The van der Waals surface area contributed by atoms with E-state index in [9.17, 15) is 13.2 Å². The summed E-state index contributed by atoms with van der Waals surface area (Å²) in [6, 6.07) is 18.5. The summed E-state index contributed by atoms with van der Waals surface area (Å²) in [4.78, 5) is 12.4. The summed E-state index contributed by atoms with van der Waals surface area (Å²) in [5.74, 6) is -0.256. The van der Waals surface area contributed by atoms with Gasteiger partial charge in [-0.2, -0.15) is 0 Å². The van der Waals surface area contributed by atoms with Gasteiger partial charge in [0.15, 0.2) is 9.84 Å². The molecular weight excluding hydrogens is 322 g/mol. The smallest absolute Gasteiger partial charge is 0.230 e. The fourth-order valence-corrected chi connectivity index (χ4v) is 3.69. The number of sulfone groups is 1. The van der Waals surface area contributed by atoms with Gasteiger partial charge in [-0.15, -0.1) is 0 Å². The molecule has 1 amide bonds. The maximum Gasteiger partial charge on any atom is 0.230 e. The zero-order chi connectivity index (χ0) is 17.6. The number of rotatable bonds is 7. The molecule has 4 nitrogen and oxygen atoms in total. The highest BCUT2D eigenvalue weighted by molar-refractivity contribution is 7.90. The van der Waals surface area contributed by atoms with Crippen molar-refractivity contribution in [3.05, 3.63) is 71.8 Å². The van der Waals surface area contributed by atoms with E-state index in [0.717, 1.165) is 11.1 Å². The maximum absolute atomic E-state index is 12.4. The molecule has 0 radical (unpaired) electrons. The summed E-state index contributed by atoms with van der Waals surface area (Å²) in [5, 5.41) is 2.75. The number of hydrogen-bond donors (Lipinski definition) is 1. The molecule has 0 atom stereocenters. The van der Waals surface area contributed by atoms with Crippen molar-refractivity contribution in [1.82, 2.24) is 5.32 Å². The molecule has 0 aliphatic heterocycles. The van der Waals surface area contributed by atoms with Crippen molar-refractivity contribution in [3.8, 4) is 0 Å². The van der Waals surface area contributed by atoms with E-state index in [4.69, 9.17) is 0 Å². The number of carbonyl (C=O) groups is 1. The number of hydrogen-bond acceptors (Lipinski definition) is 3. The van der Waals surface area contributed by atoms with Crippen LogP contribution >= 0.6 is 0 Å². The third-order valence-corrected chi connectivity index (χ3v) is 5.59. The molecule has 0 aliphatic rings. The minimum absolute atomic E-state index is 0.00815. The van der Waals surface area contributed by atoms with E-state index in [1.54, 1.807) is 12.1 Å². The molecule has 2 aromatic rings. The van der Waals surface area contributed by atoms with Crippen molar-refractivity contribution >= 4 is 15.7 Å². The summed E-state index contributed by atoms with van der Waals surface area (Å²) < 4.78 is 24.3. The van der Waals surface area contributed by atoms with E-state index in [1.165, 1.54) is 0 Å². The van der Waals surface area contributed by atoms with Crippen molar-refractivity contribution in [1.29, 1.82) is 0 Å². The second-order valence-electron chi connectivity index (χ2n) is 6.32. The largest absolute Gasteiger partial charge is 0.354 e. The standard InChI is InChI=1S/C19H23NO3S/c1-19(2,17-11-7-4-8-12-17)18(21)20-13-14-24(22,23)15-16-9-5-3-6-10-16/h3-12H,13-15H2,1-2H3,(H,20,21). The molecule has 0 saturated heterocycles. The Morgan fingerprint density at radius 2 is 1.50 bits per heavy atom. The van der Waals surface area contributed by atoms with Gasteiger partial charge in [-0.25, -0.2) is 8.42 Å². The normalized spacial score (nSPS) is 11.9. The molecule has 0 heterocycles. The predicted octanol–water partition coefficient (Wildman–Crippen LogP) is 2.70. The average molecular weight is 345 g/mol. The van der Waals surface area contributed by atoms with Crippen LogP contribution in [0.2, 0.25) is 0 Å². The van der Waals surface area contributed by atoms with Crippen molar-refractivity contribution < 1.29 is 13.2 Å². The highest BCUT2D eigenvalue weighted by atomic mass is 32.2. The molecule has 0 saturated carbocycles. The van der Waals surface area contributed by atoms with Crippen LogP contribution in [0.15, 0.2) is 60.7 Å². The Kier molecular flexibility index (Phi) is 5.78. The third kappa shape index (κ3) is 4.93. The first-order chi connectivity index (χ1) is 11.3. The number of nitrogens with one attached hydrogen (secondary N) is 1. The molecule has 2 rings (SSSR count). The number of carbonyl (C=O) groups excluding carboxylic acids is 1. The quantitative estimate of drug-likeness (QED) is 0.839. The summed E-state index contributed by atoms with van der Waals surface area (Å²) in [7, 11) is -3.26. The first kappa shape index (κ1) is 18.2. The molecule has 0 aromatic heterocycles. The van der Waals surface area contributed by atoms with Gasteiger partial charge in [-0.1, -0.05) is 60.7 Å². The van der Waals surface area contributed by atoms with E-state index in [0.29, 0.717) is 0 Å². The Morgan fingerprint density at radius 1 is 0.958 bits per heavy atom. The van der Waals surface area contributed by atoms with E-state index in [1.807, 2.05) is 62.4 Å². The summed E-state index contributed by atoms with van der Waals surface area (Å²) in [6.45, 7) is 3.77. The van der Waals surface area contributed by atoms with E-state index < -0.39 is 15.3 Å². The molecule has 0 aliphatic carbocycles. The lowest BCUT2D eigenvalue weighted by atomic mass is 9.84. The summed E-state index contributed by atoms with van der Waals surface area (Å²) in [6.07, 6.45) is 0. The summed E-state index contributed by atoms with van der Waals surface area (Å²) >= 11 is 0. The van der Waals surface area contributed by atoms with Gasteiger partial charge in [-0.3, -0.25) is 4.79 Å². The molecule has 1 N–H and O–H groups in total. The number of amides is 1. The van der Waals surface area contributed by atoms with Crippen molar-refractivity contribution in [2.75, 3.05) is 12.3 Å². The minimum Gasteiger partial charge on any atom is -0.354 e. The van der Waals surface area contributed by atoms with Crippen molar-refractivity contribution in [2.45, 2.75) is 25.0 Å². The molecule has 24 heavy (non-hydrogen) atoms. The Bertz CT molecular complexity index is 769. The van der Waals surface area contributed by atoms with E-state index in [2.05, 4.69) is 5.32 Å². The fraction of sp³-hybridized carbons (Fsp3) is 0.316. The lowest BCUT2D eigenvalue weighted by molar-refractivity contribution is -0.125. The molecule has 128 valence electrons. The highest BCUT2D eigenvalue weighted by Gasteiger charge is 2.29. The Hall–Kier alpha value is -2.14. The number of benzene rings is 2. The van der Waals surface area contributed by atoms with Gasteiger partial charge in [0.25, 0.3) is 0 Å². The highest BCUT2D eigenvalue weighted by Crippen LogP contribution is 2.22. The van der Waals surface area contributed by atoms with E-state index in [-0.39, 0.29) is 24.0 Å². The first-order valence-electron chi connectivity index (χ1n) is 7.89. The van der Waals surface area contributed by atoms with Gasteiger partial charge in [-0.05, 0) is 25.0 Å². The second kappa shape index (κ2) is 7.62. The summed E-state index contributed by atoms with van der Waals surface area (Å²) in [5.41, 5.74) is 0.952. The van der Waals surface area contributed by atoms with Crippen LogP contribution in [-0.2, 0) is 25.8 Å². The van der Waals surface area contributed by atoms with Crippen LogP contribution in [0.1, 0.15) is 25.0 Å². The van der Waals surface area contributed by atoms with Gasteiger partial charge in [0, 0.05) is 6.54 Å². The van der Waals surface area contributed by atoms with Gasteiger partial charge in [0.1, 0.15) is 0 Å². The maximum atomic E-state index is 12.4. The van der Waals surface area contributed by atoms with E-state index >= 15 is 0 Å². The van der Waals surface area contributed by atoms with Gasteiger partial charge >= 0.3 is 0 Å². The van der Waals surface area contributed by atoms with Gasteiger partial charge in [0.05, 0.1) is 16.9 Å². The van der Waals surface area contributed by atoms with Crippen LogP contribution in [-0.4, -0.2) is 26.6 Å². The average Bonchev–Trinajstić information content (AvgIpc) is 2.56. The lowest BCUT2D eigenvalue weighted by Gasteiger charge is -2.24. The van der Waals surface area contributed by atoms with Crippen molar-refractivity contribution in [2.24, 2.45) is 0 Å². The minimum atomic E-state index is -3.26. The van der Waals surface area contributed by atoms with Crippen LogP contribution in [0.3, 0.4) is 0 Å². The molecule has 0 bridgehead atoms. The Labute approximate surface area is 143 Å². The zero-order valence-corrected chi connectivity index (χ0v) is 14.8. The zero-order valence-electron chi connectivity index (χ0n) is 14.0. The van der Waals surface area contributed by atoms with Crippen LogP contribution in [0.5, 0.6) is 0 Å². The Balaban J connectivity index is 1.90. The third-order valence-electron chi connectivity index (χ3n) is 3.99. The second-order valence-corrected chi connectivity index (χ2v) is 8.51. The molecule has 2 aromatic carbocycles. The van der Waals surface area contributed by atoms with Gasteiger partial charge < -0.3 is 5.32 Å². The molecule has 0 unspecified atom stereocenters. The fourth-order valence-electron chi connectivity index (χ4n) is 2.43. The molecule has 0 fully saturated rings. The van der Waals surface area contributed by atoms with Crippen LogP contribution in [0, 0.1) is 0 Å². The SMILES string of the molecule is CC(C)(C(=O)NCCS(=O)(=O)Cc1ccccc1)c1ccccc1. The Morgan fingerprint density at radius 3 is 2.08 bits per heavy atom. The topological polar surface area (TPSA) is 63.2 Å². The molecular formula is C19H23NO3S. The van der Waals surface area contributed by atoms with Crippen LogP contribution in [0.4, 0.5) is 0 Å². The van der Waals surface area contributed by atoms with Crippen molar-refractivity contribution in [3.63, 3.8) is 0 Å². The molecule has 0 spiro atoms. The van der Waals surface area contributed by atoms with Gasteiger partial charge in [0.2, 0.25) is 5.91 Å². The molecule has 5 heteroatoms. The van der Waals surface area contributed by atoms with Crippen LogP contribution < -0.4 is 5.32 Å². The lowest BCUT2D eigenvalue weighted by Crippen LogP contribution is -2.41.